The third-order valence-corrected chi connectivity index (χ3v) is 3.25. The van der Waals surface area contributed by atoms with Crippen LogP contribution in [-0.4, -0.2) is 7.05 Å². The molecule has 0 spiro atoms. The summed E-state index contributed by atoms with van der Waals surface area (Å²) in [6, 6.07) is 8.39. The van der Waals surface area contributed by atoms with Gasteiger partial charge in [0.05, 0.1) is 0 Å². The van der Waals surface area contributed by atoms with Gasteiger partial charge in [-0.05, 0) is 36.9 Å². The van der Waals surface area contributed by atoms with E-state index >= 15 is 0 Å². The molecule has 2 rings (SSSR count). The van der Waals surface area contributed by atoms with Gasteiger partial charge in [0.25, 0.3) is 0 Å². The van der Waals surface area contributed by atoms with Crippen molar-refractivity contribution in [2.45, 2.75) is 6.54 Å². The molecular formula is C14H12BrF2NO. The van der Waals surface area contributed by atoms with Gasteiger partial charge in [0.15, 0.2) is 11.6 Å². The molecule has 2 aromatic rings. The molecule has 2 nitrogen and oxygen atoms in total. The monoisotopic (exact) mass is 327 g/mol. The second-order valence-corrected chi connectivity index (χ2v) is 4.81. The first-order chi connectivity index (χ1) is 9.10. The van der Waals surface area contributed by atoms with E-state index in [2.05, 4.69) is 21.2 Å². The van der Waals surface area contributed by atoms with E-state index in [9.17, 15) is 8.78 Å². The van der Waals surface area contributed by atoms with Crippen molar-refractivity contribution in [3.63, 3.8) is 0 Å². The van der Waals surface area contributed by atoms with E-state index < -0.39 is 11.6 Å². The third-order valence-electron chi connectivity index (χ3n) is 2.51. The minimum atomic E-state index is -0.600. The van der Waals surface area contributed by atoms with Gasteiger partial charge < -0.3 is 10.1 Å². The number of nitrogens with one attached hydrogen (secondary N) is 1. The van der Waals surface area contributed by atoms with Gasteiger partial charge in [-0.3, -0.25) is 0 Å². The standard InChI is InChI=1S/C14H12BrF2NO/c1-18-8-9-2-4-11(7-12(9)15)19-14-6-10(16)3-5-13(14)17/h2-7,18H,8H2,1H3. The van der Waals surface area contributed by atoms with Crippen LogP contribution >= 0.6 is 15.9 Å². The molecular weight excluding hydrogens is 316 g/mol. The summed E-state index contributed by atoms with van der Waals surface area (Å²) in [6.07, 6.45) is 0. The molecule has 0 amide bonds. The highest BCUT2D eigenvalue weighted by molar-refractivity contribution is 9.10. The normalized spacial score (nSPS) is 10.5. The average molecular weight is 328 g/mol. The molecule has 100 valence electrons. The van der Waals surface area contributed by atoms with Gasteiger partial charge in [-0.25, -0.2) is 8.78 Å². The molecule has 0 fully saturated rings. The zero-order valence-corrected chi connectivity index (χ0v) is 11.8. The molecule has 0 unspecified atom stereocenters. The molecule has 0 bridgehead atoms. The molecule has 1 N–H and O–H groups in total. The molecule has 0 aliphatic carbocycles. The average Bonchev–Trinajstić information content (AvgIpc) is 2.37. The molecule has 0 atom stereocenters. The fourth-order valence-corrected chi connectivity index (χ4v) is 2.11. The molecule has 0 heterocycles. The third kappa shape index (κ3) is 3.52. The van der Waals surface area contributed by atoms with Crippen molar-refractivity contribution >= 4 is 15.9 Å². The van der Waals surface area contributed by atoms with Crippen LogP contribution in [0.5, 0.6) is 11.5 Å². The van der Waals surface area contributed by atoms with E-state index in [1.807, 2.05) is 13.1 Å². The molecule has 0 aromatic heterocycles. The summed E-state index contributed by atoms with van der Waals surface area (Å²) in [6.45, 7) is 0.704. The zero-order chi connectivity index (χ0) is 13.8. The van der Waals surface area contributed by atoms with Gasteiger partial charge in [-0.15, -0.1) is 0 Å². The highest BCUT2D eigenvalue weighted by Crippen LogP contribution is 2.29. The topological polar surface area (TPSA) is 21.3 Å². The van der Waals surface area contributed by atoms with Crippen LogP contribution in [0.1, 0.15) is 5.56 Å². The predicted octanol–water partition coefficient (Wildman–Crippen LogP) is 4.24. The summed E-state index contributed by atoms with van der Waals surface area (Å²) < 4.78 is 32.7. The minimum absolute atomic E-state index is 0.131. The maximum absolute atomic E-state index is 13.4. The van der Waals surface area contributed by atoms with Crippen LogP contribution in [0.3, 0.4) is 0 Å². The Labute approximate surface area is 118 Å². The van der Waals surface area contributed by atoms with E-state index in [1.54, 1.807) is 12.1 Å². The van der Waals surface area contributed by atoms with Crippen molar-refractivity contribution in [3.8, 4) is 11.5 Å². The summed E-state index contributed by atoms with van der Waals surface area (Å²) in [5.74, 6) is -0.830. The fraction of sp³-hybridized carbons (Fsp3) is 0.143. The van der Waals surface area contributed by atoms with Crippen LogP contribution in [0.25, 0.3) is 0 Å². The predicted molar refractivity (Wildman–Crippen MR) is 73.3 cm³/mol. The maximum Gasteiger partial charge on any atom is 0.165 e. The van der Waals surface area contributed by atoms with Crippen LogP contribution in [0.2, 0.25) is 0 Å². The molecule has 2 aromatic carbocycles. The summed E-state index contributed by atoms with van der Waals surface area (Å²) in [5, 5.41) is 3.03. The van der Waals surface area contributed by atoms with Crippen molar-refractivity contribution in [1.82, 2.24) is 5.32 Å². The summed E-state index contributed by atoms with van der Waals surface area (Å²) in [7, 11) is 1.85. The molecule has 0 aliphatic rings. The van der Waals surface area contributed by atoms with Crippen molar-refractivity contribution in [3.05, 3.63) is 58.1 Å². The summed E-state index contributed by atoms with van der Waals surface area (Å²) in [5.41, 5.74) is 1.05. The molecule has 5 heteroatoms. The molecule has 0 aliphatic heterocycles. The van der Waals surface area contributed by atoms with E-state index in [-0.39, 0.29) is 5.75 Å². The van der Waals surface area contributed by atoms with Gasteiger partial charge in [0.1, 0.15) is 11.6 Å². The molecule has 19 heavy (non-hydrogen) atoms. The second kappa shape index (κ2) is 6.12. The lowest BCUT2D eigenvalue weighted by molar-refractivity contribution is 0.436. The van der Waals surface area contributed by atoms with E-state index in [4.69, 9.17) is 4.74 Å². The lowest BCUT2D eigenvalue weighted by atomic mass is 10.2. The van der Waals surface area contributed by atoms with E-state index in [0.29, 0.717) is 12.3 Å². The van der Waals surface area contributed by atoms with Gasteiger partial charge in [-0.1, -0.05) is 22.0 Å². The maximum atomic E-state index is 13.4. The van der Waals surface area contributed by atoms with Gasteiger partial charge >= 0.3 is 0 Å². The Morgan fingerprint density at radius 1 is 1.16 bits per heavy atom. The second-order valence-electron chi connectivity index (χ2n) is 3.96. The van der Waals surface area contributed by atoms with Crippen LogP contribution in [0.15, 0.2) is 40.9 Å². The van der Waals surface area contributed by atoms with Crippen LogP contribution in [0.4, 0.5) is 8.78 Å². The summed E-state index contributed by atoms with van der Waals surface area (Å²) in [4.78, 5) is 0. The SMILES string of the molecule is CNCc1ccc(Oc2cc(F)ccc2F)cc1Br. The Kier molecular flexibility index (Phi) is 4.50. The zero-order valence-electron chi connectivity index (χ0n) is 10.2. The van der Waals surface area contributed by atoms with E-state index in [1.165, 1.54) is 0 Å². The number of hydrogen-bond acceptors (Lipinski definition) is 2. The number of halogens is 3. The lowest BCUT2D eigenvalue weighted by Gasteiger charge is -2.09. The highest BCUT2D eigenvalue weighted by atomic mass is 79.9. The van der Waals surface area contributed by atoms with Crippen molar-refractivity contribution in [2.75, 3.05) is 7.05 Å². The number of ether oxygens (including phenoxy) is 1. The molecule has 0 saturated carbocycles. The quantitative estimate of drug-likeness (QED) is 0.906. The lowest BCUT2D eigenvalue weighted by Crippen LogP contribution is -2.05. The van der Waals surface area contributed by atoms with Crippen LogP contribution in [-0.2, 0) is 6.54 Å². The smallest absolute Gasteiger partial charge is 0.165 e. The van der Waals surface area contributed by atoms with Crippen LogP contribution in [0, 0.1) is 11.6 Å². The van der Waals surface area contributed by atoms with E-state index in [0.717, 1.165) is 28.2 Å². The fourth-order valence-electron chi connectivity index (χ4n) is 1.61. The van der Waals surface area contributed by atoms with Crippen molar-refractivity contribution in [1.29, 1.82) is 0 Å². The Balaban J connectivity index is 2.24. The van der Waals surface area contributed by atoms with Gasteiger partial charge in [0.2, 0.25) is 0 Å². The van der Waals surface area contributed by atoms with Crippen molar-refractivity contribution in [2.24, 2.45) is 0 Å². The number of hydrogen-bond donors (Lipinski definition) is 1. The largest absolute Gasteiger partial charge is 0.454 e. The Morgan fingerprint density at radius 3 is 2.63 bits per heavy atom. The molecule has 0 saturated heterocycles. The molecule has 0 radical (unpaired) electrons. The van der Waals surface area contributed by atoms with Crippen LogP contribution < -0.4 is 10.1 Å². The minimum Gasteiger partial charge on any atom is -0.454 e. The van der Waals surface area contributed by atoms with Crippen molar-refractivity contribution < 1.29 is 13.5 Å². The Hall–Kier alpha value is -1.46. The van der Waals surface area contributed by atoms with Gasteiger partial charge in [-0.2, -0.15) is 0 Å². The first-order valence-corrected chi connectivity index (χ1v) is 6.45. The summed E-state index contributed by atoms with van der Waals surface area (Å²) >= 11 is 3.41. The number of rotatable bonds is 4. The Morgan fingerprint density at radius 2 is 1.95 bits per heavy atom. The van der Waals surface area contributed by atoms with Gasteiger partial charge in [0, 0.05) is 17.1 Å². The number of benzene rings is 2. The highest BCUT2D eigenvalue weighted by Gasteiger charge is 2.08. The first kappa shape index (κ1) is 14.0. The first-order valence-electron chi connectivity index (χ1n) is 5.66. The Bertz CT molecular complexity index is 590.